The van der Waals surface area contributed by atoms with Gasteiger partial charge < -0.3 is 0 Å². The average Bonchev–Trinajstić information content (AvgIpc) is 2.95. The molecule has 0 fully saturated rings. The van der Waals surface area contributed by atoms with E-state index in [1.165, 1.54) is 14.3 Å². The molecule has 122 valence electrons. The van der Waals surface area contributed by atoms with Crippen LogP contribution >= 0.6 is 10.5 Å². The number of fused-ring (bicyclic) bond motifs is 3. The second-order valence-corrected chi connectivity index (χ2v) is 8.12. The average molecular weight is 345 g/mol. The molecule has 0 radical (unpaired) electrons. The van der Waals surface area contributed by atoms with E-state index >= 15 is 0 Å². The van der Waals surface area contributed by atoms with Gasteiger partial charge in [0.15, 0.2) is 25.9 Å². The number of ketones is 2. The summed E-state index contributed by atoms with van der Waals surface area (Å²) in [4.78, 5) is 24.9. The van der Waals surface area contributed by atoms with Crippen LogP contribution in [0.3, 0.4) is 0 Å². The first-order valence-corrected chi connectivity index (χ1v) is 9.38. The number of rotatable bonds is 3. The van der Waals surface area contributed by atoms with Gasteiger partial charge >= 0.3 is 0 Å². The maximum absolute atomic E-state index is 11.8. The molecule has 3 aromatic carbocycles. The standard InChI is InChI=1S/C22H17O2S/c1-14(23)16-8-10-21-19(12-16)20-13-17(15(2)24)9-11-22(20)25(21)18-6-4-3-5-7-18/h3-13H,1-2H3/q+1. The quantitative estimate of drug-likeness (QED) is 0.330. The van der Waals surface area contributed by atoms with Gasteiger partial charge in [0, 0.05) is 32.4 Å². The fraction of sp³-hybridized carbons (Fsp3) is 0.0909. The molecule has 0 amide bonds. The van der Waals surface area contributed by atoms with E-state index in [0.717, 1.165) is 10.8 Å². The van der Waals surface area contributed by atoms with Gasteiger partial charge in [-0.15, -0.1) is 0 Å². The molecular formula is C22H17O2S+. The van der Waals surface area contributed by atoms with Crippen LogP contribution in [0.1, 0.15) is 34.6 Å². The topological polar surface area (TPSA) is 34.1 Å². The Kier molecular flexibility index (Phi) is 3.74. The second-order valence-electron chi connectivity index (χ2n) is 6.15. The molecule has 0 saturated carbocycles. The Labute approximate surface area is 148 Å². The number of Topliss-reactive ketones (excluding diaryl/α,β-unsaturated/α-hetero) is 2. The molecule has 0 N–H and O–H groups in total. The maximum atomic E-state index is 11.8. The van der Waals surface area contributed by atoms with E-state index < -0.39 is 0 Å². The molecule has 4 rings (SSSR count). The zero-order chi connectivity index (χ0) is 17.6. The van der Waals surface area contributed by atoms with E-state index in [1.807, 2.05) is 42.5 Å². The predicted octanol–water partition coefficient (Wildman–Crippen LogP) is 6.14. The van der Waals surface area contributed by atoms with Gasteiger partial charge in [0.1, 0.15) is 0 Å². The third kappa shape index (κ3) is 2.57. The molecule has 0 aliphatic heterocycles. The van der Waals surface area contributed by atoms with E-state index in [1.54, 1.807) is 13.8 Å². The number of thiophene rings is 1. The molecule has 0 spiro atoms. The first-order valence-electron chi connectivity index (χ1n) is 8.16. The number of hydrogen-bond donors (Lipinski definition) is 0. The summed E-state index contributed by atoms with van der Waals surface area (Å²) in [6.07, 6.45) is 0. The van der Waals surface area contributed by atoms with Crippen LogP contribution in [-0.4, -0.2) is 11.6 Å². The lowest BCUT2D eigenvalue weighted by atomic mass is 10.0. The Morgan fingerprint density at radius 1 is 0.680 bits per heavy atom. The normalized spacial score (nSPS) is 11.1. The van der Waals surface area contributed by atoms with Crippen molar-refractivity contribution in [1.29, 1.82) is 0 Å². The molecule has 0 bridgehead atoms. The number of carbonyl (C=O) groups is 2. The summed E-state index contributed by atoms with van der Waals surface area (Å²) in [5, 5.41) is 2.14. The SMILES string of the molecule is CC(=O)c1ccc2c(c1)c1cc(C(C)=O)ccc1[s+]2-c1ccccc1. The molecule has 0 aliphatic carbocycles. The predicted molar refractivity (Wildman–Crippen MR) is 105 cm³/mol. The summed E-state index contributed by atoms with van der Waals surface area (Å²) in [7, 11) is -0.206. The molecule has 0 atom stereocenters. The van der Waals surface area contributed by atoms with Gasteiger partial charge in [-0.25, -0.2) is 0 Å². The van der Waals surface area contributed by atoms with E-state index in [0.29, 0.717) is 11.1 Å². The highest BCUT2D eigenvalue weighted by atomic mass is 32.2. The highest BCUT2D eigenvalue weighted by Gasteiger charge is 2.24. The van der Waals surface area contributed by atoms with Gasteiger partial charge in [-0.2, -0.15) is 0 Å². The zero-order valence-corrected chi connectivity index (χ0v) is 14.9. The zero-order valence-electron chi connectivity index (χ0n) is 14.1. The van der Waals surface area contributed by atoms with Crippen LogP contribution in [-0.2, 0) is 0 Å². The van der Waals surface area contributed by atoms with Crippen LogP contribution in [0.15, 0.2) is 66.7 Å². The van der Waals surface area contributed by atoms with Crippen LogP contribution < -0.4 is 0 Å². The van der Waals surface area contributed by atoms with Crippen LogP contribution in [0.25, 0.3) is 25.1 Å². The third-order valence-corrected chi connectivity index (χ3v) is 6.82. The summed E-state index contributed by atoms with van der Waals surface area (Å²) < 4.78 is 2.43. The molecule has 3 heteroatoms. The first-order chi connectivity index (χ1) is 12.1. The smallest absolute Gasteiger partial charge is 0.187 e. The minimum atomic E-state index is -0.206. The number of carbonyl (C=O) groups excluding carboxylic acids is 2. The lowest BCUT2D eigenvalue weighted by Crippen LogP contribution is -1.91. The molecule has 1 aromatic heterocycles. The van der Waals surface area contributed by atoms with Crippen molar-refractivity contribution in [2.75, 3.05) is 0 Å². The van der Waals surface area contributed by atoms with Crippen LogP contribution in [0.5, 0.6) is 0 Å². The highest BCUT2D eigenvalue weighted by Crippen LogP contribution is 2.48. The van der Waals surface area contributed by atoms with Gasteiger partial charge in [-0.3, -0.25) is 9.59 Å². The molecule has 0 aliphatic rings. The first kappa shape index (κ1) is 15.7. The van der Waals surface area contributed by atoms with E-state index in [2.05, 4.69) is 24.3 Å². The van der Waals surface area contributed by atoms with Crippen LogP contribution in [0.4, 0.5) is 0 Å². The summed E-state index contributed by atoms with van der Waals surface area (Å²) in [6, 6.07) is 22.3. The summed E-state index contributed by atoms with van der Waals surface area (Å²) in [6.45, 7) is 3.17. The van der Waals surface area contributed by atoms with Crippen LogP contribution in [0.2, 0.25) is 0 Å². The lowest BCUT2D eigenvalue weighted by molar-refractivity contribution is 0.100. The van der Waals surface area contributed by atoms with E-state index in [-0.39, 0.29) is 22.0 Å². The van der Waals surface area contributed by atoms with Crippen molar-refractivity contribution in [3.05, 3.63) is 77.9 Å². The van der Waals surface area contributed by atoms with Crippen molar-refractivity contribution in [3.8, 4) is 4.90 Å². The van der Waals surface area contributed by atoms with E-state index in [4.69, 9.17) is 0 Å². The largest absolute Gasteiger partial charge is 0.295 e. The Morgan fingerprint density at radius 2 is 1.16 bits per heavy atom. The Balaban J connectivity index is 2.16. The van der Waals surface area contributed by atoms with Gasteiger partial charge in [0.05, 0.1) is 0 Å². The Morgan fingerprint density at radius 3 is 1.60 bits per heavy atom. The lowest BCUT2D eigenvalue weighted by Gasteiger charge is -1.95. The van der Waals surface area contributed by atoms with Gasteiger partial charge in [0.25, 0.3) is 0 Å². The van der Waals surface area contributed by atoms with Crippen molar-refractivity contribution < 1.29 is 9.59 Å². The van der Waals surface area contributed by atoms with Crippen molar-refractivity contribution in [1.82, 2.24) is 0 Å². The third-order valence-electron chi connectivity index (χ3n) is 4.48. The number of hydrogen-bond acceptors (Lipinski definition) is 2. The van der Waals surface area contributed by atoms with Gasteiger partial charge in [-0.1, -0.05) is 18.2 Å². The van der Waals surface area contributed by atoms with Crippen molar-refractivity contribution in [2.45, 2.75) is 13.8 Å². The highest BCUT2D eigenvalue weighted by molar-refractivity contribution is 7.50. The van der Waals surface area contributed by atoms with Crippen molar-refractivity contribution >= 4 is 42.2 Å². The fourth-order valence-corrected chi connectivity index (χ4v) is 5.56. The molecular weight excluding hydrogens is 328 g/mol. The minimum Gasteiger partial charge on any atom is -0.295 e. The maximum Gasteiger partial charge on any atom is 0.187 e. The van der Waals surface area contributed by atoms with E-state index in [9.17, 15) is 9.59 Å². The molecule has 25 heavy (non-hydrogen) atoms. The summed E-state index contributed by atoms with van der Waals surface area (Å²) in [5.41, 5.74) is 1.41. The molecule has 0 unspecified atom stereocenters. The second kappa shape index (κ2) is 5.94. The van der Waals surface area contributed by atoms with Gasteiger partial charge in [0.2, 0.25) is 0 Å². The fourth-order valence-electron chi connectivity index (χ4n) is 3.20. The molecule has 2 nitrogen and oxygen atoms in total. The Bertz CT molecular complexity index is 1070. The minimum absolute atomic E-state index is 0.0542. The monoisotopic (exact) mass is 345 g/mol. The van der Waals surface area contributed by atoms with Crippen molar-refractivity contribution in [2.24, 2.45) is 0 Å². The van der Waals surface area contributed by atoms with Gasteiger partial charge in [-0.05, 0) is 62.4 Å². The Hall–Kier alpha value is -2.78. The molecule has 4 aromatic rings. The summed E-state index contributed by atoms with van der Waals surface area (Å²) in [5.74, 6) is 0.108. The molecule has 1 heterocycles. The van der Waals surface area contributed by atoms with Crippen LogP contribution in [0, 0.1) is 0 Å². The van der Waals surface area contributed by atoms with Crippen molar-refractivity contribution in [3.63, 3.8) is 0 Å². The molecule has 0 saturated heterocycles. The summed E-state index contributed by atoms with van der Waals surface area (Å²) >= 11 is 0. The number of benzene rings is 3.